The molecule has 9 nitrogen and oxygen atoms in total. The Morgan fingerprint density at radius 2 is 2.03 bits per heavy atom. The van der Waals surface area contributed by atoms with E-state index in [0.717, 1.165) is 35.7 Å². The maximum Gasteiger partial charge on any atom is 0.309 e. The van der Waals surface area contributed by atoms with E-state index in [-0.39, 0.29) is 29.8 Å². The van der Waals surface area contributed by atoms with Crippen molar-refractivity contribution in [3.8, 4) is 5.88 Å². The summed E-state index contributed by atoms with van der Waals surface area (Å²) in [5.41, 5.74) is 3.76. The highest BCUT2D eigenvalue weighted by Gasteiger charge is 2.39. The van der Waals surface area contributed by atoms with Gasteiger partial charge in [0.25, 0.3) is 0 Å². The van der Waals surface area contributed by atoms with Gasteiger partial charge in [0, 0.05) is 24.5 Å². The molecule has 5 rings (SSSR count). The average molecular weight is 525 g/mol. The largest absolute Gasteiger partial charge is 0.481 e. The third-order valence-corrected chi connectivity index (χ3v) is 9.07. The number of fused-ring (bicyclic) bond motifs is 1. The number of nitrogens with zero attached hydrogens (tertiary/aromatic N) is 4. The molecule has 2 atom stereocenters. The van der Waals surface area contributed by atoms with Crippen molar-refractivity contribution in [3.63, 3.8) is 0 Å². The Morgan fingerprint density at radius 1 is 1.19 bits per heavy atom. The van der Waals surface area contributed by atoms with E-state index in [1.807, 2.05) is 30.7 Å². The van der Waals surface area contributed by atoms with E-state index in [2.05, 4.69) is 17.1 Å². The van der Waals surface area contributed by atoms with Gasteiger partial charge in [-0.3, -0.25) is 9.48 Å². The lowest BCUT2D eigenvalue weighted by atomic mass is 9.93. The number of aromatic nitrogens is 3. The van der Waals surface area contributed by atoms with Gasteiger partial charge in [-0.25, -0.2) is 13.4 Å². The summed E-state index contributed by atoms with van der Waals surface area (Å²) in [4.78, 5) is 15.8. The van der Waals surface area contributed by atoms with Crippen molar-refractivity contribution in [1.29, 1.82) is 0 Å². The van der Waals surface area contributed by atoms with Gasteiger partial charge < -0.3 is 9.84 Å². The summed E-state index contributed by atoms with van der Waals surface area (Å²) in [7, 11) is -3.76. The Kier molecular flexibility index (Phi) is 7.04. The highest BCUT2D eigenvalue weighted by atomic mass is 32.2. The van der Waals surface area contributed by atoms with E-state index in [1.165, 1.54) is 28.6 Å². The second-order valence-corrected chi connectivity index (χ2v) is 11.7. The van der Waals surface area contributed by atoms with Crippen LogP contribution >= 0.6 is 0 Å². The van der Waals surface area contributed by atoms with Crippen LogP contribution in [0.5, 0.6) is 5.88 Å². The molecule has 0 spiro atoms. The molecule has 2 aromatic heterocycles. The van der Waals surface area contributed by atoms with Crippen LogP contribution in [0.2, 0.25) is 0 Å². The number of carboxylic acids is 1. The molecule has 37 heavy (non-hydrogen) atoms. The molecule has 1 saturated heterocycles. The lowest BCUT2D eigenvalue weighted by Gasteiger charge is -2.18. The predicted molar refractivity (Wildman–Crippen MR) is 140 cm³/mol. The average Bonchev–Trinajstić information content (AvgIpc) is 3.45. The summed E-state index contributed by atoms with van der Waals surface area (Å²) < 4.78 is 35.5. The molecule has 2 aliphatic rings. The zero-order valence-electron chi connectivity index (χ0n) is 21.1. The first-order valence-electron chi connectivity index (χ1n) is 12.8. The Bertz CT molecular complexity index is 1450. The minimum atomic E-state index is -3.76. The molecule has 1 aromatic carbocycles. The van der Waals surface area contributed by atoms with Crippen LogP contribution in [0.1, 0.15) is 56.8 Å². The van der Waals surface area contributed by atoms with Crippen LogP contribution < -0.4 is 4.74 Å². The third-order valence-electron chi connectivity index (χ3n) is 7.26. The van der Waals surface area contributed by atoms with Crippen LogP contribution in [0.3, 0.4) is 0 Å². The maximum atomic E-state index is 13.4. The molecule has 1 aliphatic carbocycles. The number of hydrogen-bond donors (Lipinski definition) is 1. The van der Waals surface area contributed by atoms with Crippen molar-refractivity contribution in [1.82, 2.24) is 19.1 Å². The molecule has 1 aliphatic heterocycles. The van der Waals surface area contributed by atoms with Crippen LogP contribution in [0.15, 0.2) is 47.5 Å². The van der Waals surface area contributed by atoms with Gasteiger partial charge in [-0.15, -0.1) is 0 Å². The molecule has 3 heterocycles. The van der Waals surface area contributed by atoms with Gasteiger partial charge in [0.1, 0.15) is 4.90 Å². The van der Waals surface area contributed by atoms with Crippen molar-refractivity contribution in [2.75, 3.05) is 19.7 Å². The van der Waals surface area contributed by atoms with E-state index in [9.17, 15) is 18.3 Å². The Balaban J connectivity index is 1.50. The summed E-state index contributed by atoms with van der Waals surface area (Å²) in [6.45, 7) is 4.88. The number of rotatable bonds is 8. The third kappa shape index (κ3) is 5.00. The topological polar surface area (TPSA) is 115 Å². The Hall–Kier alpha value is -3.24. The molecule has 0 saturated carbocycles. The molecule has 10 heteroatoms. The number of ether oxygens (including phenoxy) is 1. The van der Waals surface area contributed by atoms with Gasteiger partial charge in [0.15, 0.2) is 0 Å². The van der Waals surface area contributed by atoms with E-state index >= 15 is 0 Å². The summed E-state index contributed by atoms with van der Waals surface area (Å²) >= 11 is 0. The molecule has 3 aromatic rings. The SMILES string of the molecule is CCOc1ccc(S(=O)(=O)N2C[C@@H](C)[C@@H](n3nc(CC(=O)O)c4ccc(C5=CCCCC5)cc43)C2)cn1. The Morgan fingerprint density at radius 3 is 2.70 bits per heavy atom. The molecule has 0 radical (unpaired) electrons. The minimum Gasteiger partial charge on any atom is -0.481 e. The molecule has 0 bridgehead atoms. The first-order chi connectivity index (χ1) is 17.8. The van der Waals surface area contributed by atoms with Crippen LogP contribution in [0, 0.1) is 5.92 Å². The number of pyridine rings is 1. The predicted octanol–water partition coefficient (Wildman–Crippen LogP) is 4.30. The highest BCUT2D eigenvalue weighted by Crippen LogP contribution is 2.36. The lowest BCUT2D eigenvalue weighted by Crippen LogP contribution is -2.29. The van der Waals surface area contributed by atoms with Crippen LogP contribution in [-0.4, -0.2) is 58.3 Å². The van der Waals surface area contributed by atoms with Crippen LogP contribution in [0.25, 0.3) is 16.5 Å². The van der Waals surface area contributed by atoms with Crippen molar-refractivity contribution in [3.05, 3.63) is 53.9 Å². The fraction of sp³-hybridized carbons (Fsp3) is 0.444. The summed E-state index contributed by atoms with van der Waals surface area (Å²) in [6.07, 6.45) is 7.85. The normalized spacial score (nSPS) is 20.8. The molecule has 196 valence electrons. The lowest BCUT2D eigenvalue weighted by molar-refractivity contribution is -0.136. The molecule has 0 amide bonds. The standard InChI is InChI=1S/C27H32N4O5S/c1-3-36-26-12-10-21(15-28-26)37(34,35)30-16-18(2)25(17-30)31-24-13-20(19-7-5-4-6-8-19)9-11-22(24)23(29-31)14-27(32)33/h7,9-13,15,18,25H,3-6,8,14,16-17H2,1-2H3,(H,32,33)/t18-,25+/m1/s1. The maximum absolute atomic E-state index is 13.4. The van der Waals surface area contributed by atoms with E-state index in [4.69, 9.17) is 9.84 Å². The number of carboxylic acid groups (broad SMARTS) is 1. The monoisotopic (exact) mass is 524 g/mol. The second-order valence-electron chi connectivity index (χ2n) is 9.80. The number of aliphatic carboxylic acids is 1. The summed E-state index contributed by atoms with van der Waals surface area (Å²) in [5, 5.41) is 15.0. The fourth-order valence-electron chi connectivity index (χ4n) is 5.35. The summed E-state index contributed by atoms with van der Waals surface area (Å²) in [5.74, 6) is -0.590. The highest BCUT2D eigenvalue weighted by molar-refractivity contribution is 7.89. The summed E-state index contributed by atoms with van der Waals surface area (Å²) in [6, 6.07) is 8.95. The smallest absolute Gasteiger partial charge is 0.309 e. The second kappa shape index (κ2) is 10.3. The van der Waals surface area contributed by atoms with Crippen LogP contribution in [0.4, 0.5) is 0 Å². The quantitative estimate of drug-likeness (QED) is 0.467. The first-order valence-corrected chi connectivity index (χ1v) is 14.2. The van der Waals surface area contributed by atoms with E-state index < -0.39 is 16.0 Å². The molecule has 0 unspecified atom stereocenters. The fourth-order valence-corrected chi connectivity index (χ4v) is 6.86. The number of benzene rings is 1. The van der Waals surface area contributed by atoms with Crippen molar-refractivity contribution >= 4 is 32.5 Å². The molecule has 1 N–H and O–H groups in total. The number of allylic oxidation sites excluding steroid dienone is 2. The Labute approximate surface area is 216 Å². The first kappa shape index (κ1) is 25.4. The molecular weight excluding hydrogens is 492 g/mol. The van der Waals surface area contributed by atoms with Crippen LogP contribution in [-0.2, 0) is 21.2 Å². The zero-order valence-corrected chi connectivity index (χ0v) is 21.9. The molecular formula is C27H32N4O5S. The van der Waals surface area contributed by atoms with Crippen molar-refractivity contribution in [2.45, 2.75) is 56.9 Å². The van der Waals surface area contributed by atoms with E-state index in [0.29, 0.717) is 24.7 Å². The van der Waals surface area contributed by atoms with Gasteiger partial charge in [-0.2, -0.15) is 9.40 Å². The van der Waals surface area contributed by atoms with Crippen molar-refractivity contribution in [2.24, 2.45) is 5.92 Å². The number of sulfonamides is 1. The van der Waals surface area contributed by atoms with Crippen molar-refractivity contribution < 1.29 is 23.1 Å². The van der Waals surface area contributed by atoms with Gasteiger partial charge in [-0.1, -0.05) is 25.1 Å². The van der Waals surface area contributed by atoms with Gasteiger partial charge in [0.2, 0.25) is 15.9 Å². The van der Waals surface area contributed by atoms with E-state index in [1.54, 1.807) is 6.07 Å². The minimum absolute atomic E-state index is 0.0243. The van der Waals surface area contributed by atoms with Gasteiger partial charge >= 0.3 is 5.97 Å². The molecule has 1 fully saturated rings. The number of carbonyl (C=O) groups is 1. The zero-order chi connectivity index (χ0) is 26.2. The van der Waals surface area contributed by atoms with Gasteiger partial charge in [0.05, 0.1) is 36.5 Å². The number of hydrogen-bond acceptors (Lipinski definition) is 6. The van der Waals surface area contributed by atoms with Gasteiger partial charge in [-0.05, 0) is 61.8 Å².